The number of carbonyl (C=O) groups excluding carboxylic acids is 1. The average Bonchev–Trinajstić information content (AvgIpc) is 2.88. The lowest BCUT2D eigenvalue weighted by atomic mass is 9.99. The maximum absolute atomic E-state index is 11.5. The molecule has 1 aromatic heterocycles. The fourth-order valence-electron chi connectivity index (χ4n) is 2.22. The maximum Gasteiger partial charge on any atom is 0.196 e. The largest absolute Gasteiger partial charge is 0.384 e. The van der Waals surface area contributed by atoms with Crippen molar-refractivity contribution >= 4 is 33.9 Å². The Morgan fingerprint density at radius 1 is 1.72 bits per heavy atom. The van der Waals surface area contributed by atoms with E-state index in [0.717, 1.165) is 31.2 Å². The van der Waals surface area contributed by atoms with Gasteiger partial charge in [-0.25, -0.2) is 4.98 Å². The summed E-state index contributed by atoms with van der Waals surface area (Å²) >= 11 is 7.05. The summed E-state index contributed by atoms with van der Waals surface area (Å²) in [6, 6.07) is 0. The Balaban J connectivity index is 2.02. The molecule has 0 N–H and O–H groups in total. The van der Waals surface area contributed by atoms with Crippen LogP contribution < -0.4 is 4.90 Å². The van der Waals surface area contributed by atoms with Crippen LogP contribution in [0.25, 0.3) is 0 Å². The van der Waals surface area contributed by atoms with Gasteiger partial charge in [0.15, 0.2) is 10.9 Å². The first-order chi connectivity index (χ1) is 8.74. The molecule has 100 valence electrons. The highest BCUT2D eigenvalue weighted by Gasteiger charge is 2.22. The molecule has 1 atom stereocenters. The molecule has 1 aliphatic heterocycles. The molecule has 0 radical (unpaired) electrons. The van der Waals surface area contributed by atoms with Crippen LogP contribution in [0.1, 0.15) is 23.3 Å². The van der Waals surface area contributed by atoms with Gasteiger partial charge in [0.2, 0.25) is 0 Å². The number of halogens is 1. The number of nitrogens with zero attached hydrogens (tertiary/aromatic N) is 2. The zero-order valence-electron chi connectivity index (χ0n) is 10.4. The molecule has 1 aromatic rings. The van der Waals surface area contributed by atoms with Crippen LogP contribution in [0.4, 0.5) is 5.13 Å². The SMILES string of the molecule is COCC1CCCN(c2nc(C(=O)CCl)cs2)C1. The number of ether oxygens (including phenoxy) is 1. The van der Waals surface area contributed by atoms with Gasteiger partial charge in [-0.3, -0.25) is 4.79 Å². The van der Waals surface area contributed by atoms with E-state index in [1.807, 2.05) is 0 Å². The molecule has 4 nitrogen and oxygen atoms in total. The summed E-state index contributed by atoms with van der Waals surface area (Å²) < 4.78 is 5.21. The van der Waals surface area contributed by atoms with Gasteiger partial charge in [-0.2, -0.15) is 0 Å². The standard InChI is InChI=1S/C12H17ClN2O2S/c1-17-7-9-3-2-4-15(6-9)12-14-10(8-18-12)11(16)5-13/h8-9H,2-7H2,1H3. The molecule has 2 heterocycles. The van der Waals surface area contributed by atoms with Gasteiger partial charge in [0, 0.05) is 25.6 Å². The summed E-state index contributed by atoms with van der Waals surface area (Å²) in [7, 11) is 1.74. The van der Waals surface area contributed by atoms with E-state index in [2.05, 4.69) is 9.88 Å². The van der Waals surface area contributed by atoms with E-state index in [-0.39, 0.29) is 11.7 Å². The van der Waals surface area contributed by atoms with Gasteiger partial charge in [-0.15, -0.1) is 22.9 Å². The van der Waals surface area contributed by atoms with Gasteiger partial charge < -0.3 is 9.64 Å². The van der Waals surface area contributed by atoms with E-state index in [0.29, 0.717) is 11.6 Å². The Hall–Kier alpha value is -0.650. The minimum Gasteiger partial charge on any atom is -0.384 e. The van der Waals surface area contributed by atoms with Gasteiger partial charge in [-0.1, -0.05) is 0 Å². The molecule has 0 aliphatic carbocycles. The molecule has 18 heavy (non-hydrogen) atoms. The molecule has 1 fully saturated rings. The Morgan fingerprint density at radius 3 is 3.28 bits per heavy atom. The minimum absolute atomic E-state index is 0.00449. The van der Waals surface area contributed by atoms with E-state index >= 15 is 0 Å². The summed E-state index contributed by atoms with van der Waals surface area (Å²) in [6.07, 6.45) is 2.34. The summed E-state index contributed by atoms with van der Waals surface area (Å²) in [6.45, 7) is 2.74. The van der Waals surface area contributed by atoms with Crippen LogP contribution >= 0.6 is 22.9 Å². The Morgan fingerprint density at radius 2 is 2.56 bits per heavy atom. The van der Waals surface area contributed by atoms with Crippen molar-refractivity contribution in [3.8, 4) is 0 Å². The molecule has 0 saturated carbocycles. The van der Waals surface area contributed by atoms with Gasteiger partial charge >= 0.3 is 0 Å². The smallest absolute Gasteiger partial charge is 0.196 e. The maximum atomic E-state index is 11.5. The number of methoxy groups -OCH3 is 1. The lowest BCUT2D eigenvalue weighted by molar-refractivity contribution is 0.101. The number of hydrogen-bond donors (Lipinski definition) is 0. The van der Waals surface area contributed by atoms with Gasteiger partial charge in [0.25, 0.3) is 0 Å². The summed E-state index contributed by atoms with van der Waals surface area (Å²) in [5.74, 6) is 0.444. The Bertz CT molecular complexity index is 409. The highest BCUT2D eigenvalue weighted by molar-refractivity contribution is 7.14. The molecule has 0 spiro atoms. The number of carbonyl (C=O) groups is 1. The van der Waals surface area contributed by atoms with Crippen LogP contribution in [0.5, 0.6) is 0 Å². The van der Waals surface area contributed by atoms with Crippen molar-refractivity contribution in [1.29, 1.82) is 0 Å². The van der Waals surface area contributed by atoms with E-state index < -0.39 is 0 Å². The van der Waals surface area contributed by atoms with Crippen molar-refractivity contribution in [1.82, 2.24) is 4.98 Å². The van der Waals surface area contributed by atoms with E-state index in [1.165, 1.54) is 17.8 Å². The number of piperidine rings is 1. The third kappa shape index (κ3) is 3.22. The molecule has 1 saturated heterocycles. The Labute approximate surface area is 116 Å². The first kappa shape index (κ1) is 13.8. The Kier molecular flexibility index (Phi) is 4.97. The van der Waals surface area contributed by atoms with Crippen LogP contribution in [0, 0.1) is 5.92 Å². The molecule has 0 bridgehead atoms. The molecule has 1 aliphatic rings. The third-order valence-corrected chi connectivity index (χ3v) is 4.24. The van der Waals surface area contributed by atoms with Crippen molar-refractivity contribution in [2.45, 2.75) is 12.8 Å². The molecule has 6 heteroatoms. The van der Waals surface area contributed by atoms with Crippen LogP contribution in [0.3, 0.4) is 0 Å². The van der Waals surface area contributed by atoms with Crippen molar-refractivity contribution in [2.75, 3.05) is 37.6 Å². The zero-order valence-corrected chi connectivity index (χ0v) is 12.0. The van der Waals surface area contributed by atoms with E-state index in [1.54, 1.807) is 12.5 Å². The summed E-state index contributed by atoms with van der Waals surface area (Å²) in [4.78, 5) is 18.1. The van der Waals surface area contributed by atoms with Crippen molar-refractivity contribution in [3.63, 3.8) is 0 Å². The number of anilines is 1. The van der Waals surface area contributed by atoms with Crippen molar-refractivity contribution < 1.29 is 9.53 Å². The molecule has 0 aromatic carbocycles. The number of hydrogen-bond acceptors (Lipinski definition) is 5. The topological polar surface area (TPSA) is 42.4 Å². The predicted octanol–water partition coefficient (Wildman–Crippen LogP) is 2.43. The summed E-state index contributed by atoms with van der Waals surface area (Å²) in [5.41, 5.74) is 0.485. The second kappa shape index (κ2) is 6.50. The van der Waals surface area contributed by atoms with Crippen molar-refractivity contribution in [2.24, 2.45) is 5.92 Å². The van der Waals surface area contributed by atoms with Crippen molar-refractivity contribution in [3.05, 3.63) is 11.1 Å². The average molecular weight is 289 g/mol. The van der Waals surface area contributed by atoms with Crippen LogP contribution in [0.2, 0.25) is 0 Å². The highest BCUT2D eigenvalue weighted by atomic mass is 35.5. The number of rotatable bonds is 5. The van der Waals surface area contributed by atoms with Gasteiger partial charge in [0.1, 0.15) is 5.69 Å². The second-order valence-electron chi connectivity index (χ2n) is 4.48. The van der Waals surface area contributed by atoms with E-state index in [4.69, 9.17) is 16.3 Å². The number of alkyl halides is 1. The van der Waals surface area contributed by atoms with Gasteiger partial charge in [-0.05, 0) is 18.8 Å². The first-order valence-corrected chi connectivity index (χ1v) is 7.44. The lowest BCUT2D eigenvalue weighted by Gasteiger charge is -2.32. The number of aromatic nitrogens is 1. The number of ketones is 1. The molecular weight excluding hydrogens is 272 g/mol. The van der Waals surface area contributed by atoms with Crippen LogP contribution in [-0.4, -0.2) is 43.5 Å². The zero-order chi connectivity index (χ0) is 13.0. The number of Topliss-reactive ketones (excluding diaryl/α,β-unsaturated/α-hetero) is 1. The monoisotopic (exact) mass is 288 g/mol. The summed E-state index contributed by atoms with van der Waals surface area (Å²) in [5, 5.41) is 2.71. The fourth-order valence-corrected chi connectivity index (χ4v) is 3.22. The third-order valence-electron chi connectivity index (χ3n) is 3.09. The number of thiazole rings is 1. The minimum atomic E-state index is -0.107. The quantitative estimate of drug-likeness (QED) is 0.616. The molecule has 0 amide bonds. The normalized spacial score (nSPS) is 20.1. The molecule has 1 unspecified atom stereocenters. The van der Waals surface area contributed by atoms with Crippen LogP contribution in [-0.2, 0) is 4.74 Å². The predicted molar refractivity (Wildman–Crippen MR) is 74.0 cm³/mol. The lowest BCUT2D eigenvalue weighted by Crippen LogP contribution is -2.37. The second-order valence-corrected chi connectivity index (χ2v) is 5.59. The fraction of sp³-hybridized carbons (Fsp3) is 0.667. The van der Waals surface area contributed by atoms with Crippen LogP contribution in [0.15, 0.2) is 5.38 Å². The molecule has 2 rings (SSSR count). The van der Waals surface area contributed by atoms with E-state index in [9.17, 15) is 4.79 Å². The highest BCUT2D eigenvalue weighted by Crippen LogP contribution is 2.26. The first-order valence-electron chi connectivity index (χ1n) is 6.03. The van der Waals surface area contributed by atoms with Gasteiger partial charge in [0.05, 0.1) is 12.5 Å². The molecular formula is C12H17ClN2O2S.